The summed E-state index contributed by atoms with van der Waals surface area (Å²) in [6.45, 7) is 0. The lowest BCUT2D eigenvalue weighted by Gasteiger charge is -2.09. The highest BCUT2D eigenvalue weighted by Gasteiger charge is 2.14. The molecule has 0 spiro atoms. The van der Waals surface area contributed by atoms with Crippen molar-refractivity contribution in [1.82, 2.24) is 4.98 Å². The van der Waals surface area contributed by atoms with Gasteiger partial charge in [-0.1, -0.05) is 15.9 Å². The largest absolute Gasteiger partial charge is 0.496 e. The van der Waals surface area contributed by atoms with E-state index in [9.17, 15) is 9.59 Å². The molecule has 1 heterocycles. The predicted molar refractivity (Wildman–Crippen MR) is 79.8 cm³/mol. The fourth-order valence-electron chi connectivity index (χ4n) is 1.68. The molecule has 7 heteroatoms. The molecule has 0 aliphatic carbocycles. The summed E-state index contributed by atoms with van der Waals surface area (Å²) in [6.07, 6.45) is 2.58. The number of carbonyl (C=O) groups excluding carboxylic acids is 1. The molecule has 6 nitrogen and oxygen atoms in total. The summed E-state index contributed by atoms with van der Waals surface area (Å²) in [7, 11) is 1.46. The molecule has 2 rings (SSSR count). The number of halogens is 1. The molecule has 0 saturated carbocycles. The van der Waals surface area contributed by atoms with Gasteiger partial charge in [-0.3, -0.25) is 9.78 Å². The maximum atomic E-state index is 12.2. The van der Waals surface area contributed by atoms with Crippen LogP contribution in [0.15, 0.2) is 41.1 Å². The molecule has 0 aliphatic rings. The SMILES string of the molecule is COc1cc(Br)ccc1C(=O)Nc1cncc(C(=O)O)c1. The first kappa shape index (κ1) is 15.0. The molecule has 0 fully saturated rings. The fraction of sp³-hybridized carbons (Fsp3) is 0.0714. The molecule has 108 valence electrons. The Morgan fingerprint density at radius 3 is 2.71 bits per heavy atom. The summed E-state index contributed by atoms with van der Waals surface area (Å²) in [6, 6.07) is 6.31. The Morgan fingerprint density at radius 2 is 2.05 bits per heavy atom. The number of anilines is 1. The van der Waals surface area contributed by atoms with Crippen molar-refractivity contribution in [2.24, 2.45) is 0 Å². The molecule has 21 heavy (non-hydrogen) atoms. The number of amides is 1. The molecule has 0 saturated heterocycles. The van der Waals surface area contributed by atoms with Gasteiger partial charge >= 0.3 is 5.97 Å². The van der Waals surface area contributed by atoms with Crippen LogP contribution in [0.1, 0.15) is 20.7 Å². The van der Waals surface area contributed by atoms with Crippen LogP contribution >= 0.6 is 15.9 Å². The number of ether oxygens (including phenoxy) is 1. The van der Waals surface area contributed by atoms with E-state index < -0.39 is 11.9 Å². The second kappa shape index (κ2) is 6.36. The van der Waals surface area contributed by atoms with E-state index in [1.54, 1.807) is 18.2 Å². The number of pyridine rings is 1. The number of hydrogen-bond donors (Lipinski definition) is 2. The summed E-state index contributed by atoms with van der Waals surface area (Å²) in [5, 5.41) is 11.5. The number of carbonyl (C=O) groups is 2. The van der Waals surface area contributed by atoms with Gasteiger partial charge in [-0.05, 0) is 24.3 Å². The van der Waals surface area contributed by atoms with E-state index in [1.807, 2.05) is 0 Å². The lowest BCUT2D eigenvalue weighted by Crippen LogP contribution is -2.14. The van der Waals surface area contributed by atoms with Crippen LogP contribution in [0.4, 0.5) is 5.69 Å². The summed E-state index contributed by atoms with van der Waals surface area (Å²) >= 11 is 3.29. The highest BCUT2D eigenvalue weighted by Crippen LogP contribution is 2.24. The lowest BCUT2D eigenvalue weighted by atomic mass is 10.2. The number of benzene rings is 1. The van der Waals surface area contributed by atoms with Crippen molar-refractivity contribution in [1.29, 1.82) is 0 Å². The van der Waals surface area contributed by atoms with Crippen LogP contribution in [-0.2, 0) is 0 Å². The molecule has 1 aromatic heterocycles. The number of aromatic nitrogens is 1. The Kier molecular flexibility index (Phi) is 4.54. The third kappa shape index (κ3) is 3.57. The number of hydrogen-bond acceptors (Lipinski definition) is 4. The minimum absolute atomic E-state index is 0.00410. The molecule has 0 unspecified atom stereocenters. The number of aromatic carboxylic acids is 1. The fourth-order valence-corrected chi connectivity index (χ4v) is 2.02. The van der Waals surface area contributed by atoms with E-state index in [4.69, 9.17) is 9.84 Å². The van der Waals surface area contributed by atoms with Gasteiger partial charge in [-0.25, -0.2) is 4.79 Å². The topological polar surface area (TPSA) is 88.5 Å². The van der Waals surface area contributed by atoms with E-state index in [1.165, 1.54) is 25.6 Å². The standard InChI is InChI=1S/C14H11BrN2O4/c1-21-12-5-9(15)2-3-11(12)13(18)17-10-4-8(14(19)20)6-16-7-10/h2-7H,1H3,(H,17,18)(H,19,20). The minimum atomic E-state index is -1.11. The highest BCUT2D eigenvalue weighted by atomic mass is 79.9. The number of carboxylic acid groups (broad SMARTS) is 1. The third-order valence-corrected chi connectivity index (χ3v) is 3.14. The third-order valence-electron chi connectivity index (χ3n) is 2.65. The number of carboxylic acids is 1. The smallest absolute Gasteiger partial charge is 0.337 e. The lowest BCUT2D eigenvalue weighted by molar-refractivity contribution is 0.0696. The van der Waals surface area contributed by atoms with Crippen LogP contribution in [-0.4, -0.2) is 29.1 Å². The maximum absolute atomic E-state index is 12.2. The molecule has 0 aliphatic heterocycles. The van der Waals surface area contributed by atoms with E-state index in [0.29, 0.717) is 17.0 Å². The molecule has 1 amide bonds. The van der Waals surface area contributed by atoms with E-state index in [-0.39, 0.29) is 5.56 Å². The first-order valence-corrected chi connectivity index (χ1v) is 6.64. The van der Waals surface area contributed by atoms with Gasteiger partial charge in [0.25, 0.3) is 5.91 Å². The summed E-state index contributed by atoms with van der Waals surface area (Å²) < 4.78 is 5.93. The molecule has 0 bridgehead atoms. The van der Waals surface area contributed by atoms with Gasteiger partial charge in [0.15, 0.2) is 0 Å². The van der Waals surface area contributed by atoms with Crippen molar-refractivity contribution in [3.63, 3.8) is 0 Å². The van der Waals surface area contributed by atoms with Crippen molar-refractivity contribution in [2.45, 2.75) is 0 Å². The zero-order valence-electron chi connectivity index (χ0n) is 11.0. The van der Waals surface area contributed by atoms with Crippen LogP contribution in [0, 0.1) is 0 Å². The molecule has 1 aromatic carbocycles. The van der Waals surface area contributed by atoms with E-state index in [2.05, 4.69) is 26.2 Å². The molecular weight excluding hydrogens is 340 g/mol. The first-order valence-electron chi connectivity index (χ1n) is 5.84. The van der Waals surface area contributed by atoms with E-state index >= 15 is 0 Å². The van der Waals surface area contributed by atoms with Gasteiger partial charge in [-0.2, -0.15) is 0 Å². The monoisotopic (exact) mass is 350 g/mol. The first-order chi connectivity index (χ1) is 10.0. The van der Waals surface area contributed by atoms with Gasteiger partial charge in [0.05, 0.1) is 30.1 Å². The second-order valence-corrected chi connectivity index (χ2v) is 4.98. The minimum Gasteiger partial charge on any atom is -0.496 e. The average Bonchev–Trinajstić information content (AvgIpc) is 2.47. The number of nitrogens with one attached hydrogen (secondary N) is 1. The number of nitrogens with zero attached hydrogens (tertiary/aromatic N) is 1. The number of methoxy groups -OCH3 is 1. The Balaban J connectivity index is 2.26. The van der Waals surface area contributed by atoms with E-state index in [0.717, 1.165) is 4.47 Å². The summed E-state index contributed by atoms with van der Waals surface area (Å²) in [5.74, 6) is -1.12. The Bertz CT molecular complexity index is 703. The van der Waals surface area contributed by atoms with Gasteiger partial charge in [0.1, 0.15) is 5.75 Å². The van der Waals surface area contributed by atoms with Crippen LogP contribution in [0.5, 0.6) is 5.75 Å². The van der Waals surface area contributed by atoms with Crippen molar-refractivity contribution in [3.8, 4) is 5.75 Å². The van der Waals surface area contributed by atoms with Gasteiger partial charge < -0.3 is 15.2 Å². The summed E-state index contributed by atoms with van der Waals surface area (Å²) in [5.41, 5.74) is 0.627. The Labute approximate surface area is 128 Å². The molecule has 2 N–H and O–H groups in total. The van der Waals surface area contributed by atoms with Crippen molar-refractivity contribution < 1.29 is 19.4 Å². The molecule has 2 aromatic rings. The Morgan fingerprint density at radius 1 is 1.29 bits per heavy atom. The van der Waals surface area contributed by atoms with Crippen molar-refractivity contribution in [3.05, 3.63) is 52.3 Å². The second-order valence-electron chi connectivity index (χ2n) is 4.07. The number of rotatable bonds is 4. The molecular formula is C14H11BrN2O4. The van der Waals surface area contributed by atoms with Crippen molar-refractivity contribution in [2.75, 3.05) is 12.4 Å². The predicted octanol–water partition coefficient (Wildman–Crippen LogP) is 2.80. The quantitative estimate of drug-likeness (QED) is 0.884. The molecule has 0 radical (unpaired) electrons. The van der Waals surface area contributed by atoms with Gasteiger partial charge in [0.2, 0.25) is 0 Å². The zero-order chi connectivity index (χ0) is 15.4. The highest BCUT2D eigenvalue weighted by molar-refractivity contribution is 9.10. The van der Waals surface area contributed by atoms with Crippen molar-refractivity contribution >= 4 is 33.5 Å². The summed E-state index contributed by atoms with van der Waals surface area (Å²) in [4.78, 5) is 26.8. The maximum Gasteiger partial charge on any atom is 0.337 e. The normalized spacial score (nSPS) is 10.0. The Hall–Kier alpha value is -2.41. The van der Waals surface area contributed by atoms with Crippen LogP contribution < -0.4 is 10.1 Å². The van der Waals surface area contributed by atoms with Crippen LogP contribution in [0.2, 0.25) is 0 Å². The van der Waals surface area contributed by atoms with Gasteiger partial charge in [0, 0.05) is 10.7 Å². The molecule has 0 atom stereocenters. The van der Waals surface area contributed by atoms with Gasteiger partial charge in [-0.15, -0.1) is 0 Å². The van der Waals surface area contributed by atoms with Crippen LogP contribution in [0.3, 0.4) is 0 Å². The van der Waals surface area contributed by atoms with Crippen LogP contribution in [0.25, 0.3) is 0 Å². The zero-order valence-corrected chi connectivity index (χ0v) is 12.5. The average molecular weight is 351 g/mol.